The maximum Gasteiger partial charge on any atom is 0.335 e. The standard InChI is InChI=1S/C13H13NO3S/c1-3-10-6-9(13(15)16)7-12(14-10)18-11-4-5-17-8(11)2/h4-7H,3H2,1-2H3,(H,15,16). The van der Waals surface area contributed by atoms with Crippen molar-refractivity contribution in [2.45, 2.75) is 30.2 Å². The monoisotopic (exact) mass is 263 g/mol. The van der Waals surface area contributed by atoms with Crippen molar-refractivity contribution in [3.8, 4) is 0 Å². The summed E-state index contributed by atoms with van der Waals surface area (Å²) >= 11 is 1.41. The topological polar surface area (TPSA) is 63.3 Å². The summed E-state index contributed by atoms with van der Waals surface area (Å²) in [4.78, 5) is 16.4. The molecule has 2 rings (SSSR count). The highest BCUT2D eigenvalue weighted by Gasteiger charge is 2.10. The highest BCUT2D eigenvalue weighted by molar-refractivity contribution is 7.99. The van der Waals surface area contributed by atoms with E-state index >= 15 is 0 Å². The largest absolute Gasteiger partial charge is 0.478 e. The number of rotatable bonds is 4. The number of pyridine rings is 1. The van der Waals surface area contributed by atoms with Crippen LogP contribution in [0.15, 0.2) is 38.8 Å². The van der Waals surface area contributed by atoms with E-state index in [1.165, 1.54) is 11.8 Å². The summed E-state index contributed by atoms with van der Waals surface area (Å²) in [5.41, 5.74) is 1.05. The fourth-order valence-electron chi connectivity index (χ4n) is 1.51. The predicted octanol–water partition coefficient (Wildman–Crippen LogP) is 3.39. The lowest BCUT2D eigenvalue weighted by atomic mass is 10.2. The van der Waals surface area contributed by atoms with E-state index in [-0.39, 0.29) is 5.56 Å². The minimum Gasteiger partial charge on any atom is -0.478 e. The van der Waals surface area contributed by atoms with Crippen molar-refractivity contribution in [2.75, 3.05) is 0 Å². The van der Waals surface area contributed by atoms with E-state index in [0.717, 1.165) is 16.3 Å². The first-order valence-corrected chi connectivity index (χ1v) is 6.38. The zero-order valence-electron chi connectivity index (χ0n) is 10.1. The molecule has 0 saturated carbocycles. The molecule has 0 unspecified atom stereocenters. The Balaban J connectivity index is 2.35. The number of hydrogen-bond acceptors (Lipinski definition) is 4. The van der Waals surface area contributed by atoms with Crippen LogP contribution in [0.5, 0.6) is 0 Å². The maximum absolute atomic E-state index is 11.0. The molecule has 0 saturated heterocycles. The van der Waals surface area contributed by atoms with E-state index in [4.69, 9.17) is 9.52 Å². The van der Waals surface area contributed by atoms with Gasteiger partial charge in [0.05, 0.1) is 16.7 Å². The van der Waals surface area contributed by atoms with E-state index in [0.29, 0.717) is 11.4 Å². The van der Waals surface area contributed by atoms with Crippen LogP contribution in [0.25, 0.3) is 0 Å². The van der Waals surface area contributed by atoms with Gasteiger partial charge in [0.15, 0.2) is 0 Å². The molecule has 2 heterocycles. The van der Waals surface area contributed by atoms with E-state index in [1.54, 1.807) is 18.4 Å². The fraction of sp³-hybridized carbons (Fsp3) is 0.231. The molecule has 5 heteroatoms. The first kappa shape index (κ1) is 12.7. The second-order valence-electron chi connectivity index (χ2n) is 3.79. The van der Waals surface area contributed by atoms with Gasteiger partial charge in [0.2, 0.25) is 0 Å². The van der Waals surface area contributed by atoms with Crippen molar-refractivity contribution in [3.63, 3.8) is 0 Å². The lowest BCUT2D eigenvalue weighted by Crippen LogP contribution is -2.00. The Bertz CT molecular complexity index is 577. The first-order valence-electron chi connectivity index (χ1n) is 5.56. The third-order valence-electron chi connectivity index (χ3n) is 2.49. The minimum atomic E-state index is -0.933. The zero-order chi connectivity index (χ0) is 13.1. The summed E-state index contributed by atoms with van der Waals surface area (Å²) in [6, 6.07) is 5.04. The second kappa shape index (κ2) is 5.27. The third kappa shape index (κ3) is 2.73. The van der Waals surface area contributed by atoms with Gasteiger partial charge in [0.1, 0.15) is 10.8 Å². The number of nitrogens with zero attached hydrogens (tertiary/aromatic N) is 1. The molecule has 0 atom stereocenters. The van der Waals surface area contributed by atoms with Gasteiger partial charge >= 0.3 is 5.97 Å². The highest BCUT2D eigenvalue weighted by atomic mass is 32.2. The number of carboxylic acid groups (broad SMARTS) is 1. The van der Waals surface area contributed by atoms with Crippen LogP contribution in [0, 0.1) is 6.92 Å². The molecule has 0 fully saturated rings. The smallest absolute Gasteiger partial charge is 0.335 e. The van der Waals surface area contributed by atoms with Crippen LogP contribution in [0.3, 0.4) is 0 Å². The molecule has 2 aromatic rings. The molecule has 0 bridgehead atoms. The molecule has 0 aliphatic heterocycles. The second-order valence-corrected chi connectivity index (χ2v) is 4.85. The van der Waals surface area contributed by atoms with Gasteiger partial charge in [0, 0.05) is 5.69 Å². The Hall–Kier alpha value is -1.75. The number of aromatic carboxylic acids is 1. The molecule has 0 spiro atoms. The molecule has 18 heavy (non-hydrogen) atoms. The normalized spacial score (nSPS) is 10.6. The molecular formula is C13H13NO3S. The molecule has 0 amide bonds. The summed E-state index contributed by atoms with van der Waals surface area (Å²) in [6.45, 7) is 3.82. The Morgan fingerprint density at radius 2 is 2.28 bits per heavy atom. The fourth-order valence-corrected chi connectivity index (χ4v) is 2.40. The van der Waals surface area contributed by atoms with Crippen molar-refractivity contribution >= 4 is 17.7 Å². The van der Waals surface area contributed by atoms with Gasteiger partial charge in [-0.3, -0.25) is 0 Å². The van der Waals surface area contributed by atoms with Crippen LogP contribution in [0.2, 0.25) is 0 Å². The van der Waals surface area contributed by atoms with Crippen LogP contribution in [-0.4, -0.2) is 16.1 Å². The Labute approximate surface area is 109 Å². The average molecular weight is 263 g/mol. The minimum absolute atomic E-state index is 0.269. The van der Waals surface area contributed by atoms with Crippen LogP contribution < -0.4 is 0 Å². The first-order chi connectivity index (χ1) is 8.60. The molecule has 0 aliphatic rings. The molecular weight excluding hydrogens is 250 g/mol. The Kier molecular flexibility index (Phi) is 3.72. The zero-order valence-corrected chi connectivity index (χ0v) is 11.0. The SMILES string of the molecule is CCc1cc(C(=O)O)cc(Sc2ccoc2C)n1. The number of aromatic nitrogens is 1. The summed E-state index contributed by atoms with van der Waals surface area (Å²) in [5, 5.41) is 9.73. The van der Waals surface area contributed by atoms with Crippen LogP contribution in [0.4, 0.5) is 0 Å². The van der Waals surface area contributed by atoms with Gasteiger partial charge in [0.25, 0.3) is 0 Å². The van der Waals surface area contributed by atoms with Gasteiger partial charge in [-0.25, -0.2) is 9.78 Å². The van der Waals surface area contributed by atoms with E-state index in [1.807, 2.05) is 19.9 Å². The van der Waals surface area contributed by atoms with Crippen molar-refractivity contribution in [1.29, 1.82) is 0 Å². The number of aryl methyl sites for hydroxylation is 2. The van der Waals surface area contributed by atoms with Gasteiger partial charge in [-0.15, -0.1) is 0 Å². The van der Waals surface area contributed by atoms with Gasteiger partial charge in [-0.05, 0) is 31.5 Å². The Morgan fingerprint density at radius 3 is 2.83 bits per heavy atom. The number of furan rings is 1. The van der Waals surface area contributed by atoms with Gasteiger partial charge in [-0.1, -0.05) is 18.7 Å². The average Bonchev–Trinajstić information content (AvgIpc) is 2.74. The number of carboxylic acids is 1. The van der Waals surface area contributed by atoms with Crippen molar-refractivity contribution in [2.24, 2.45) is 0 Å². The van der Waals surface area contributed by atoms with Crippen molar-refractivity contribution < 1.29 is 14.3 Å². The third-order valence-corrected chi connectivity index (χ3v) is 3.55. The molecule has 94 valence electrons. The van der Waals surface area contributed by atoms with Gasteiger partial charge < -0.3 is 9.52 Å². The van der Waals surface area contributed by atoms with E-state index in [9.17, 15) is 4.79 Å². The summed E-state index contributed by atoms with van der Waals surface area (Å²) < 4.78 is 5.21. The van der Waals surface area contributed by atoms with Crippen LogP contribution in [0.1, 0.15) is 28.7 Å². The molecule has 1 N–H and O–H groups in total. The van der Waals surface area contributed by atoms with E-state index in [2.05, 4.69) is 4.98 Å². The number of hydrogen-bond donors (Lipinski definition) is 1. The summed E-state index contributed by atoms with van der Waals surface area (Å²) in [7, 11) is 0. The van der Waals surface area contributed by atoms with Gasteiger partial charge in [-0.2, -0.15) is 0 Å². The lowest BCUT2D eigenvalue weighted by Gasteiger charge is -2.04. The van der Waals surface area contributed by atoms with E-state index < -0.39 is 5.97 Å². The van der Waals surface area contributed by atoms with Crippen LogP contribution >= 0.6 is 11.8 Å². The maximum atomic E-state index is 11.0. The summed E-state index contributed by atoms with van der Waals surface area (Å²) in [5.74, 6) is -0.126. The Morgan fingerprint density at radius 1 is 1.50 bits per heavy atom. The summed E-state index contributed by atoms with van der Waals surface area (Å²) in [6.07, 6.45) is 2.32. The molecule has 0 aliphatic carbocycles. The number of carbonyl (C=O) groups is 1. The van der Waals surface area contributed by atoms with Crippen LogP contribution in [-0.2, 0) is 6.42 Å². The van der Waals surface area contributed by atoms with Crippen molar-refractivity contribution in [1.82, 2.24) is 4.98 Å². The molecule has 0 radical (unpaired) electrons. The highest BCUT2D eigenvalue weighted by Crippen LogP contribution is 2.30. The lowest BCUT2D eigenvalue weighted by molar-refractivity contribution is 0.0696. The van der Waals surface area contributed by atoms with Crippen molar-refractivity contribution in [3.05, 3.63) is 41.5 Å². The molecule has 0 aromatic carbocycles. The molecule has 4 nitrogen and oxygen atoms in total. The quantitative estimate of drug-likeness (QED) is 0.916. The molecule has 2 aromatic heterocycles. The predicted molar refractivity (Wildman–Crippen MR) is 68.1 cm³/mol.